The highest BCUT2D eigenvalue weighted by Crippen LogP contribution is 2.43. The lowest BCUT2D eigenvalue weighted by Gasteiger charge is -2.31. The van der Waals surface area contributed by atoms with Gasteiger partial charge in [0.25, 0.3) is 5.91 Å². The van der Waals surface area contributed by atoms with Gasteiger partial charge >= 0.3 is 5.97 Å². The minimum atomic E-state index is -1.48. The number of amides is 1. The van der Waals surface area contributed by atoms with Gasteiger partial charge in [-0.05, 0) is 93.3 Å². The molecule has 0 fully saturated rings. The van der Waals surface area contributed by atoms with Gasteiger partial charge in [-0.25, -0.2) is 4.99 Å². The maximum atomic E-state index is 14.4. The predicted octanol–water partition coefficient (Wildman–Crippen LogP) is 5.97. The average Bonchev–Trinajstić information content (AvgIpc) is 3.44. The van der Waals surface area contributed by atoms with E-state index < -0.39 is 23.2 Å². The molecule has 47 heavy (non-hydrogen) atoms. The zero-order valence-corrected chi connectivity index (χ0v) is 29.1. The molecule has 4 rings (SSSR count). The highest BCUT2D eigenvalue weighted by atomic mass is 79.9. The molecule has 0 radical (unpaired) electrons. The third-order valence-corrected chi connectivity index (χ3v) is 8.01. The molecule has 0 spiro atoms. The van der Waals surface area contributed by atoms with Gasteiger partial charge in [0.1, 0.15) is 11.4 Å². The number of nitrogens with zero attached hydrogens (tertiary/aromatic N) is 1. The van der Waals surface area contributed by atoms with Crippen LogP contribution < -0.4 is 19.5 Å². The first-order valence-corrected chi connectivity index (χ1v) is 16.3. The number of carbonyl (C=O) groups excluding carboxylic acids is 2. The molecule has 252 valence electrons. The maximum absolute atomic E-state index is 14.4. The first kappa shape index (κ1) is 35.8. The number of benzene rings is 3. The van der Waals surface area contributed by atoms with E-state index in [-0.39, 0.29) is 31.3 Å². The molecule has 0 unspecified atom stereocenters. The molecule has 0 saturated carbocycles. The Hall–Kier alpha value is -4.09. The molecule has 0 aliphatic carbocycles. The fourth-order valence-electron chi connectivity index (χ4n) is 5.20. The summed E-state index contributed by atoms with van der Waals surface area (Å²) in [4.78, 5) is 32.3. The molecule has 1 amide bonds. The molecule has 0 aromatic heterocycles. The van der Waals surface area contributed by atoms with Crippen LogP contribution in [0, 0.1) is 0 Å². The standard InChI is InChI=1S/C36H43BrN2O8/c1-35(2,3)47-31(41)17-19-36(34(42)38-20-18-24-7-16-29(43-4)30(23-24)44-5)32(25-8-12-27(37)13-9-25)46-33(39-36)26-10-14-28(15-11-26)45-22-6-21-40/h7-16,23,32,40H,6,17-22H2,1-5H3,(H,38,42)/t32-,36-/m1/s1. The SMILES string of the molecule is COc1ccc(CCNC(=O)[C@]2(CCC(=O)OC(C)(C)C)N=C(c3ccc(OCCCO)cc3)O[C@@H]2c2ccc(Br)cc2)cc1OC. The first-order valence-electron chi connectivity index (χ1n) is 15.5. The molecule has 2 atom stereocenters. The van der Waals surface area contributed by atoms with Gasteiger partial charge < -0.3 is 34.1 Å². The highest BCUT2D eigenvalue weighted by molar-refractivity contribution is 9.10. The van der Waals surface area contributed by atoms with E-state index >= 15 is 0 Å². The second-order valence-electron chi connectivity index (χ2n) is 12.1. The summed E-state index contributed by atoms with van der Waals surface area (Å²) in [5.74, 6) is 1.33. The molecule has 2 N–H and O–H groups in total. The van der Waals surface area contributed by atoms with E-state index in [9.17, 15) is 9.59 Å². The van der Waals surface area contributed by atoms with Gasteiger partial charge in [-0.3, -0.25) is 9.59 Å². The number of hydrogen-bond donors (Lipinski definition) is 2. The van der Waals surface area contributed by atoms with Crippen molar-refractivity contribution < 1.29 is 38.4 Å². The van der Waals surface area contributed by atoms with E-state index in [1.807, 2.05) is 54.6 Å². The third-order valence-electron chi connectivity index (χ3n) is 7.48. The minimum Gasteiger partial charge on any atom is -0.494 e. The fourth-order valence-corrected chi connectivity index (χ4v) is 5.47. The van der Waals surface area contributed by atoms with Crippen molar-refractivity contribution in [3.05, 3.63) is 87.9 Å². The number of ether oxygens (including phenoxy) is 5. The Labute approximate surface area is 284 Å². The summed E-state index contributed by atoms with van der Waals surface area (Å²) in [5, 5.41) is 12.1. The largest absolute Gasteiger partial charge is 0.494 e. The molecule has 0 saturated heterocycles. The van der Waals surface area contributed by atoms with E-state index in [0.29, 0.717) is 48.8 Å². The summed E-state index contributed by atoms with van der Waals surface area (Å²) in [6.45, 7) is 6.15. The van der Waals surface area contributed by atoms with E-state index in [2.05, 4.69) is 21.2 Å². The van der Waals surface area contributed by atoms with E-state index in [4.69, 9.17) is 33.8 Å². The van der Waals surface area contributed by atoms with Crippen LogP contribution >= 0.6 is 15.9 Å². The second-order valence-corrected chi connectivity index (χ2v) is 13.0. The maximum Gasteiger partial charge on any atom is 0.306 e. The number of rotatable bonds is 15. The Morgan fingerprint density at radius 3 is 2.34 bits per heavy atom. The lowest BCUT2D eigenvalue weighted by atomic mass is 9.83. The zero-order chi connectivity index (χ0) is 34.0. The quantitative estimate of drug-likeness (QED) is 0.146. The van der Waals surface area contributed by atoms with Crippen LogP contribution in [0.15, 0.2) is 76.2 Å². The van der Waals surface area contributed by atoms with Crippen molar-refractivity contribution in [1.82, 2.24) is 5.32 Å². The topological polar surface area (TPSA) is 125 Å². The number of carbonyl (C=O) groups is 2. The smallest absolute Gasteiger partial charge is 0.306 e. The molecule has 1 aliphatic rings. The Morgan fingerprint density at radius 2 is 1.70 bits per heavy atom. The molecule has 3 aromatic rings. The van der Waals surface area contributed by atoms with Crippen LogP contribution in [0.4, 0.5) is 0 Å². The number of methoxy groups -OCH3 is 2. The van der Waals surface area contributed by atoms with E-state index in [1.165, 1.54) is 0 Å². The van der Waals surface area contributed by atoms with Gasteiger partial charge in [-0.15, -0.1) is 0 Å². The Kier molecular flexibility index (Phi) is 12.3. The molecule has 1 heterocycles. The number of aliphatic hydroxyl groups is 1. The Morgan fingerprint density at radius 1 is 1.00 bits per heavy atom. The van der Waals surface area contributed by atoms with Crippen LogP contribution in [-0.4, -0.2) is 68.0 Å². The lowest BCUT2D eigenvalue weighted by molar-refractivity contribution is -0.155. The van der Waals surface area contributed by atoms with Crippen LogP contribution in [-0.2, 0) is 25.5 Å². The van der Waals surface area contributed by atoms with Gasteiger partial charge in [-0.1, -0.05) is 34.1 Å². The first-order chi connectivity index (χ1) is 22.5. The Bertz CT molecular complexity index is 1540. The van der Waals surface area contributed by atoms with Crippen molar-refractivity contribution in [1.29, 1.82) is 0 Å². The number of hydrogen-bond acceptors (Lipinski definition) is 9. The fraction of sp³-hybridized carbons (Fsp3) is 0.417. The molecule has 0 bridgehead atoms. The third kappa shape index (κ3) is 9.48. The van der Waals surface area contributed by atoms with Crippen LogP contribution in [0.25, 0.3) is 0 Å². The summed E-state index contributed by atoms with van der Waals surface area (Å²) in [6.07, 6.45) is 0.219. The highest BCUT2D eigenvalue weighted by Gasteiger charge is 2.53. The van der Waals surface area contributed by atoms with Crippen molar-refractivity contribution >= 4 is 33.7 Å². The lowest BCUT2D eigenvalue weighted by Crippen LogP contribution is -2.49. The van der Waals surface area contributed by atoms with Gasteiger partial charge in [0.2, 0.25) is 5.90 Å². The van der Waals surface area contributed by atoms with Crippen molar-refractivity contribution in [2.75, 3.05) is 34.0 Å². The molecule has 1 aliphatic heterocycles. The van der Waals surface area contributed by atoms with Gasteiger partial charge in [0.05, 0.1) is 20.8 Å². The predicted molar refractivity (Wildman–Crippen MR) is 182 cm³/mol. The molecule has 10 nitrogen and oxygen atoms in total. The van der Waals surface area contributed by atoms with Crippen molar-refractivity contribution in [2.24, 2.45) is 4.99 Å². The summed E-state index contributed by atoms with van der Waals surface area (Å²) >= 11 is 3.49. The van der Waals surface area contributed by atoms with Crippen LogP contribution in [0.5, 0.6) is 17.2 Å². The van der Waals surface area contributed by atoms with Gasteiger partial charge in [0, 0.05) is 36.0 Å². The number of aliphatic imine (C=N–C) groups is 1. The van der Waals surface area contributed by atoms with E-state index in [0.717, 1.165) is 15.6 Å². The van der Waals surface area contributed by atoms with Gasteiger partial charge in [-0.2, -0.15) is 0 Å². The average molecular weight is 712 g/mol. The number of nitrogens with one attached hydrogen (secondary N) is 1. The molecule has 11 heteroatoms. The second kappa shape index (κ2) is 16.1. The van der Waals surface area contributed by atoms with E-state index in [1.54, 1.807) is 47.1 Å². The molecular formula is C36H43BrN2O8. The Balaban J connectivity index is 1.67. The molecular weight excluding hydrogens is 668 g/mol. The summed E-state index contributed by atoms with van der Waals surface area (Å²) < 4.78 is 29.5. The van der Waals surface area contributed by atoms with Crippen LogP contribution in [0.1, 0.15) is 62.8 Å². The van der Waals surface area contributed by atoms with Crippen molar-refractivity contribution in [3.8, 4) is 17.2 Å². The normalized spacial score (nSPS) is 17.3. The van der Waals surface area contributed by atoms with Crippen LogP contribution in [0.3, 0.4) is 0 Å². The monoisotopic (exact) mass is 710 g/mol. The zero-order valence-electron chi connectivity index (χ0n) is 27.5. The summed E-state index contributed by atoms with van der Waals surface area (Å²) in [7, 11) is 3.16. The molecule has 3 aromatic carbocycles. The van der Waals surface area contributed by atoms with Crippen LogP contribution in [0.2, 0.25) is 0 Å². The van der Waals surface area contributed by atoms with Gasteiger partial charge in [0.15, 0.2) is 23.1 Å². The van der Waals surface area contributed by atoms with Crippen molar-refractivity contribution in [2.45, 2.75) is 63.7 Å². The number of halogens is 1. The number of esters is 1. The summed E-state index contributed by atoms with van der Waals surface area (Å²) in [5.41, 5.74) is 0.171. The minimum absolute atomic E-state index is 0.0436. The van der Waals surface area contributed by atoms with Crippen molar-refractivity contribution in [3.63, 3.8) is 0 Å². The summed E-state index contributed by atoms with van der Waals surface area (Å²) in [6, 6.07) is 20.3. The number of aliphatic hydroxyl groups excluding tert-OH is 1.